The molecule has 4 aromatic heterocycles. The number of hydrogen-bond acceptors (Lipinski definition) is 8. The lowest BCUT2D eigenvalue weighted by Gasteiger charge is -2.03. The highest BCUT2D eigenvalue weighted by molar-refractivity contribution is 5.96. The fraction of sp³-hybridized carbons (Fsp3) is 0.188. The lowest BCUT2D eigenvalue weighted by molar-refractivity contribution is 0.0949. The second-order valence-corrected chi connectivity index (χ2v) is 5.46. The summed E-state index contributed by atoms with van der Waals surface area (Å²) < 4.78 is 12.0. The van der Waals surface area contributed by atoms with Gasteiger partial charge < -0.3 is 20.0 Å². The van der Waals surface area contributed by atoms with Crippen molar-refractivity contribution in [3.05, 3.63) is 42.0 Å². The molecule has 10 heteroatoms. The highest BCUT2D eigenvalue weighted by atomic mass is 16.5. The summed E-state index contributed by atoms with van der Waals surface area (Å²) in [6.07, 6.45) is 2.99. The Morgan fingerprint density at radius 3 is 3.04 bits per heavy atom. The molecule has 0 aliphatic carbocycles. The lowest BCUT2D eigenvalue weighted by atomic mass is 10.2. The SMILES string of the molecule is CCn1c(N)nc2cc(C(=O)NCc3noc(-c4ccco4)n3)cnc21. The summed E-state index contributed by atoms with van der Waals surface area (Å²) in [6.45, 7) is 2.70. The molecule has 26 heavy (non-hydrogen) atoms. The number of nitrogens with two attached hydrogens (primary N) is 1. The highest BCUT2D eigenvalue weighted by Gasteiger charge is 2.15. The lowest BCUT2D eigenvalue weighted by Crippen LogP contribution is -2.23. The van der Waals surface area contributed by atoms with Gasteiger partial charge in [-0.25, -0.2) is 9.97 Å². The first kappa shape index (κ1) is 15.8. The molecule has 0 saturated carbocycles. The molecule has 4 heterocycles. The number of rotatable bonds is 5. The Kier molecular flexibility index (Phi) is 3.84. The molecule has 0 fully saturated rings. The predicted molar refractivity (Wildman–Crippen MR) is 90.8 cm³/mol. The third-order valence-corrected chi connectivity index (χ3v) is 3.80. The van der Waals surface area contributed by atoms with Gasteiger partial charge >= 0.3 is 0 Å². The summed E-state index contributed by atoms with van der Waals surface area (Å²) >= 11 is 0. The summed E-state index contributed by atoms with van der Waals surface area (Å²) in [5.41, 5.74) is 7.42. The van der Waals surface area contributed by atoms with Crippen molar-refractivity contribution in [1.82, 2.24) is 30.0 Å². The van der Waals surface area contributed by atoms with Crippen LogP contribution in [0.2, 0.25) is 0 Å². The van der Waals surface area contributed by atoms with Gasteiger partial charge in [0.2, 0.25) is 5.95 Å². The van der Waals surface area contributed by atoms with Crippen molar-refractivity contribution in [3.8, 4) is 11.7 Å². The van der Waals surface area contributed by atoms with Crippen LogP contribution in [0.15, 0.2) is 39.6 Å². The van der Waals surface area contributed by atoms with Gasteiger partial charge in [-0.2, -0.15) is 4.98 Å². The van der Waals surface area contributed by atoms with Crippen molar-refractivity contribution in [3.63, 3.8) is 0 Å². The van der Waals surface area contributed by atoms with Crippen molar-refractivity contribution in [1.29, 1.82) is 0 Å². The third kappa shape index (κ3) is 2.77. The molecule has 3 N–H and O–H groups in total. The van der Waals surface area contributed by atoms with Crippen LogP contribution >= 0.6 is 0 Å². The van der Waals surface area contributed by atoms with Crippen molar-refractivity contribution < 1.29 is 13.7 Å². The highest BCUT2D eigenvalue weighted by Crippen LogP contribution is 2.18. The van der Waals surface area contributed by atoms with Crippen molar-refractivity contribution >= 4 is 23.0 Å². The maximum Gasteiger partial charge on any atom is 0.293 e. The van der Waals surface area contributed by atoms with Gasteiger partial charge in [0.25, 0.3) is 11.8 Å². The fourth-order valence-corrected chi connectivity index (χ4v) is 2.55. The number of imidazole rings is 1. The van der Waals surface area contributed by atoms with Crippen LogP contribution in [0, 0.1) is 0 Å². The Hall–Kier alpha value is -3.69. The van der Waals surface area contributed by atoms with Gasteiger partial charge in [-0.05, 0) is 25.1 Å². The normalized spacial score (nSPS) is 11.1. The molecule has 4 rings (SSSR count). The number of furan rings is 1. The van der Waals surface area contributed by atoms with E-state index in [0.717, 1.165) is 0 Å². The van der Waals surface area contributed by atoms with E-state index in [1.807, 2.05) is 6.92 Å². The Bertz CT molecular complexity index is 1070. The number of carbonyl (C=O) groups excluding carboxylic acids is 1. The number of anilines is 1. The minimum Gasteiger partial charge on any atom is -0.459 e. The predicted octanol–water partition coefficient (Wildman–Crippen LogP) is 1.61. The van der Waals surface area contributed by atoms with Gasteiger partial charge in [0.05, 0.1) is 18.4 Å². The Morgan fingerprint density at radius 1 is 1.38 bits per heavy atom. The maximum absolute atomic E-state index is 12.3. The van der Waals surface area contributed by atoms with Crippen molar-refractivity contribution in [2.24, 2.45) is 0 Å². The van der Waals surface area contributed by atoms with Gasteiger partial charge in [0.15, 0.2) is 17.2 Å². The summed E-state index contributed by atoms with van der Waals surface area (Å²) in [5.74, 6) is 1.09. The van der Waals surface area contributed by atoms with Crippen LogP contribution < -0.4 is 11.1 Å². The molecule has 0 radical (unpaired) electrons. The monoisotopic (exact) mass is 353 g/mol. The van der Waals surface area contributed by atoms with E-state index in [4.69, 9.17) is 14.7 Å². The molecule has 0 aliphatic rings. The van der Waals surface area contributed by atoms with Gasteiger partial charge in [-0.3, -0.25) is 9.36 Å². The first-order valence-electron chi connectivity index (χ1n) is 7.92. The van der Waals surface area contributed by atoms with E-state index in [2.05, 4.69) is 25.4 Å². The number of aryl methyl sites for hydroxylation is 1. The fourth-order valence-electron chi connectivity index (χ4n) is 2.55. The largest absolute Gasteiger partial charge is 0.459 e. The molecule has 0 unspecified atom stereocenters. The summed E-state index contributed by atoms with van der Waals surface area (Å²) in [6, 6.07) is 5.07. The number of nitrogens with zero attached hydrogens (tertiary/aromatic N) is 5. The Morgan fingerprint density at radius 2 is 2.27 bits per heavy atom. The molecule has 0 aliphatic heterocycles. The van der Waals surface area contributed by atoms with E-state index in [0.29, 0.717) is 40.8 Å². The average Bonchev–Trinajstić information content (AvgIpc) is 3.37. The Balaban J connectivity index is 1.47. The zero-order valence-electron chi connectivity index (χ0n) is 13.8. The molecule has 0 spiro atoms. The molecule has 1 amide bonds. The third-order valence-electron chi connectivity index (χ3n) is 3.80. The van der Waals surface area contributed by atoms with Gasteiger partial charge in [-0.1, -0.05) is 5.16 Å². The zero-order valence-corrected chi connectivity index (χ0v) is 13.8. The smallest absolute Gasteiger partial charge is 0.293 e. The summed E-state index contributed by atoms with van der Waals surface area (Å²) in [7, 11) is 0. The maximum atomic E-state index is 12.3. The summed E-state index contributed by atoms with van der Waals surface area (Å²) in [5, 5.41) is 6.52. The topological polar surface area (TPSA) is 138 Å². The number of hydrogen-bond donors (Lipinski definition) is 2. The van der Waals surface area contributed by atoms with E-state index in [-0.39, 0.29) is 18.3 Å². The van der Waals surface area contributed by atoms with E-state index in [1.165, 1.54) is 12.5 Å². The number of amides is 1. The number of aromatic nitrogens is 5. The van der Waals surface area contributed by atoms with E-state index in [1.54, 1.807) is 22.8 Å². The molecule has 0 saturated heterocycles. The van der Waals surface area contributed by atoms with Gasteiger partial charge in [0, 0.05) is 12.7 Å². The van der Waals surface area contributed by atoms with Crippen LogP contribution in [-0.4, -0.2) is 30.6 Å². The van der Waals surface area contributed by atoms with E-state index < -0.39 is 0 Å². The minimum absolute atomic E-state index is 0.104. The van der Waals surface area contributed by atoms with Crippen LogP contribution in [0.5, 0.6) is 0 Å². The zero-order chi connectivity index (χ0) is 18.1. The van der Waals surface area contributed by atoms with E-state index >= 15 is 0 Å². The first-order valence-corrected chi connectivity index (χ1v) is 7.92. The number of carbonyl (C=O) groups is 1. The average molecular weight is 353 g/mol. The van der Waals surface area contributed by atoms with Crippen LogP contribution in [0.4, 0.5) is 5.95 Å². The molecule has 0 atom stereocenters. The van der Waals surface area contributed by atoms with Crippen LogP contribution in [0.25, 0.3) is 22.8 Å². The van der Waals surface area contributed by atoms with Crippen LogP contribution in [-0.2, 0) is 13.1 Å². The second-order valence-electron chi connectivity index (χ2n) is 5.46. The Labute approximate surface area is 147 Å². The van der Waals surface area contributed by atoms with Crippen molar-refractivity contribution in [2.45, 2.75) is 20.0 Å². The number of fused-ring (bicyclic) bond motifs is 1. The molecular formula is C16H15N7O3. The number of nitrogens with one attached hydrogen (secondary N) is 1. The molecule has 4 aromatic rings. The second kappa shape index (κ2) is 6.31. The standard InChI is InChI=1S/C16H15N7O3/c1-2-23-13-10(20-16(23)17)6-9(7-18-13)14(24)19-8-12-21-15(26-22-12)11-4-3-5-25-11/h3-7H,2,8H2,1H3,(H2,17,20)(H,19,24). The molecule has 132 valence electrons. The van der Waals surface area contributed by atoms with Gasteiger partial charge in [-0.15, -0.1) is 0 Å². The van der Waals surface area contributed by atoms with Crippen LogP contribution in [0.1, 0.15) is 23.1 Å². The molecule has 10 nitrogen and oxygen atoms in total. The molecule has 0 aromatic carbocycles. The summed E-state index contributed by atoms with van der Waals surface area (Å²) in [4.78, 5) is 25.0. The van der Waals surface area contributed by atoms with E-state index in [9.17, 15) is 4.79 Å². The molecule has 0 bridgehead atoms. The van der Waals surface area contributed by atoms with Gasteiger partial charge in [0.1, 0.15) is 5.52 Å². The quantitative estimate of drug-likeness (QED) is 0.552. The number of nitrogen functional groups attached to an aromatic ring is 1. The van der Waals surface area contributed by atoms with Crippen molar-refractivity contribution in [2.75, 3.05) is 5.73 Å². The molecular weight excluding hydrogens is 338 g/mol. The number of pyridine rings is 1. The minimum atomic E-state index is -0.326. The van der Waals surface area contributed by atoms with Crippen LogP contribution in [0.3, 0.4) is 0 Å². The first-order chi connectivity index (χ1) is 12.7.